The lowest BCUT2D eigenvalue weighted by molar-refractivity contribution is 0.475. The predicted octanol–water partition coefficient (Wildman–Crippen LogP) is 8.79. The second-order valence-corrected chi connectivity index (χ2v) is 10.0. The Morgan fingerprint density at radius 3 is 1.44 bits per heavy atom. The molecule has 0 aromatic heterocycles. The Kier molecular flexibility index (Phi) is 5.35. The zero-order valence-electron chi connectivity index (χ0n) is 21.3. The summed E-state index contributed by atoms with van der Waals surface area (Å²) in [5, 5.41) is 21.7. The van der Waals surface area contributed by atoms with E-state index in [1.165, 1.54) is 22.3 Å². The van der Waals surface area contributed by atoms with Crippen LogP contribution in [0.4, 0.5) is 0 Å². The van der Waals surface area contributed by atoms with E-state index in [2.05, 4.69) is 78.9 Å². The molecule has 6 aromatic carbocycles. The summed E-state index contributed by atoms with van der Waals surface area (Å²) in [6.07, 6.45) is 0. The summed E-state index contributed by atoms with van der Waals surface area (Å²) in [5.41, 5.74) is 9.97. The van der Waals surface area contributed by atoms with Crippen LogP contribution in [-0.2, 0) is 5.41 Å². The summed E-state index contributed by atoms with van der Waals surface area (Å²) in [5.74, 6) is 0.469. The molecular formula is C37H26O2. The maximum absolute atomic E-state index is 11.4. The first-order valence-corrected chi connectivity index (χ1v) is 13.2. The van der Waals surface area contributed by atoms with Gasteiger partial charge in [-0.3, -0.25) is 0 Å². The molecule has 0 amide bonds. The fraction of sp³-hybridized carbons (Fsp3) is 0.0270. The minimum Gasteiger partial charge on any atom is -0.508 e. The van der Waals surface area contributed by atoms with E-state index in [1.54, 1.807) is 12.1 Å². The Bertz CT molecular complexity index is 1760. The molecule has 186 valence electrons. The monoisotopic (exact) mass is 502 g/mol. The van der Waals surface area contributed by atoms with E-state index < -0.39 is 5.41 Å². The largest absolute Gasteiger partial charge is 0.508 e. The van der Waals surface area contributed by atoms with Crippen LogP contribution >= 0.6 is 0 Å². The van der Waals surface area contributed by atoms with Crippen LogP contribution in [0.25, 0.3) is 33.4 Å². The minimum atomic E-state index is -0.677. The fourth-order valence-electron chi connectivity index (χ4n) is 6.41. The van der Waals surface area contributed by atoms with Crippen molar-refractivity contribution >= 4 is 0 Å². The lowest BCUT2D eigenvalue weighted by atomic mass is 9.65. The topological polar surface area (TPSA) is 40.5 Å². The van der Waals surface area contributed by atoms with Crippen molar-refractivity contribution in [2.75, 3.05) is 0 Å². The third kappa shape index (κ3) is 3.42. The van der Waals surface area contributed by atoms with E-state index in [1.807, 2.05) is 54.6 Å². The van der Waals surface area contributed by atoms with Crippen molar-refractivity contribution in [2.45, 2.75) is 5.41 Å². The van der Waals surface area contributed by atoms with Gasteiger partial charge < -0.3 is 10.2 Å². The van der Waals surface area contributed by atoms with Gasteiger partial charge in [-0.2, -0.15) is 0 Å². The van der Waals surface area contributed by atoms with Crippen LogP contribution in [0, 0.1) is 0 Å². The Morgan fingerprint density at radius 1 is 0.385 bits per heavy atom. The van der Waals surface area contributed by atoms with E-state index in [-0.39, 0.29) is 11.5 Å². The van der Waals surface area contributed by atoms with Crippen molar-refractivity contribution in [2.24, 2.45) is 0 Å². The highest BCUT2D eigenvalue weighted by molar-refractivity contribution is 5.95. The van der Waals surface area contributed by atoms with Crippen LogP contribution in [0.15, 0.2) is 146 Å². The quantitative estimate of drug-likeness (QED) is 0.252. The molecule has 0 spiro atoms. The molecule has 0 aliphatic heterocycles. The first-order chi connectivity index (χ1) is 19.2. The van der Waals surface area contributed by atoms with Gasteiger partial charge in [0.05, 0.1) is 5.41 Å². The molecule has 39 heavy (non-hydrogen) atoms. The molecule has 0 fully saturated rings. The maximum atomic E-state index is 11.4. The number of fused-ring (bicyclic) bond motifs is 3. The number of aromatic hydroxyl groups is 2. The standard InChI is InChI=1S/C37H26O2/c38-28-21-19-27(20-22-28)37(31-17-9-7-15-29(31)30-16-8-10-18-32(30)37)33-23-24-34(39)36(26-13-5-2-6-14-26)35(33)25-11-3-1-4-12-25/h1-24,38-39H. The summed E-state index contributed by atoms with van der Waals surface area (Å²) in [6, 6.07) is 49.1. The highest BCUT2D eigenvalue weighted by atomic mass is 16.3. The van der Waals surface area contributed by atoms with Crippen molar-refractivity contribution in [3.63, 3.8) is 0 Å². The fourth-order valence-corrected chi connectivity index (χ4v) is 6.41. The number of benzene rings is 6. The average molecular weight is 503 g/mol. The van der Waals surface area contributed by atoms with Crippen LogP contribution in [0.5, 0.6) is 11.5 Å². The van der Waals surface area contributed by atoms with E-state index >= 15 is 0 Å². The summed E-state index contributed by atoms with van der Waals surface area (Å²) in [6.45, 7) is 0. The first kappa shape index (κ1) is 23.1. The van der Waals surface area contributed by atoms with Gasteiger partial charge in [-0.1, -0.05) is 127 Å². The van der Waals surface area contributed by atoms with E-state index in [0.717, 1.165) is 33.4 Å². The zero-order chi connectivity index (χ0) is 26.4. The highest BCUT2D eigenvalue weighted by Crippen LogP contribution is 2.59. The second-order valence-electron chi connectivity index (χ2n) is 10.0. The molecule has 1 aliphatic carbocycles. The van der Waals surface area contributed by atoms with Gasteiger partial charge >= 0.3 is 0 Å². The molecule has 6 aromatic rings. The first-order valence-electron chi connectivity index (χ1n) is 13.2. The second kappa shape index (κ2) is 9.04. The Balaban J connectivity index is 1.70. The summed E-state index contributed by atoms with van der Waals surface area (Å²) in [7, 11) is 0. The van der Waals surface area contributed by atoms with E-state index in [9.17, 15) is 10.2 Å². The Labute approximate surface area is 228 Å². The molecule has 0 bridgehead atoms. The maximum Gasteiger partial charge on any atom is 0.124 e. The van der Waals surface area contributed by atoms with Crippen molar-refractivity contribution in [3.8, 4) is 44.9 Å². The van der Waals surface area contributed by atoms with Gasteiger partial charge in [0.2, 0.25) is 0 Å². The molecule has 0 radical (unpaired) electrons. The van der Waals surface area contributed by atoms with E-state index in [0.29, 0.717) is 0 Å². The van der Waals surface area contributed by atoms with Crippen molar-refractivity contribution in [1.29, 1.82) is 0 Å². The molecular weight excluding hydrogens is 476 g/mol. The number of rotatable bonds is 4. The van der Waals surface area contributed by atoms with Gasteiger partial charge in [-0.05, 0) is 68.3 Å². The van der Waals surface area contributed by atoms with Crippen LogP contribution in [0.1, 0.15) is 22.3 Å². The summed E-state index contributed by atoms with van der Waals surface area (Å²) >= 11 is 0. The number of phenolic OH excluding ortho intramolecular Hbond substituents is 2. The average Bonchev–Trinajstić information content (AvgIpc) is 3.29. The van der Waals surface area contributed by atoms with Crippen LogP contribution in [-0.4, -0.2) is 10.2 Å². The number of hydrogen-bond acceptors (Lipinski definition) is 2. The molecule has 0 saturated heterocycles. The van der Waals surface area contributed by atoms with Crippen LogP contribution < -0.4 is 0 Å². The van der Waals surface area contributed by atoms with Gasteiger partial charge in [0, 0.05) is 5.56 Å². The normalized spacial score (nSPS) is 13.0. The molecule has 2 nitrogen and oxygen atoms in total. The molecule has 7 rings (SSSR count). The summed E-state index contributed by atoms with van der Waals surface area (Å²) < 4.78 is 0. The molecule has 2 N–H and O–H groups in total. The Hall–Kier alpha value is -5.08. The van der Waals surface area contributed by atoms with Gasteiger partial charge in [-0.25, -0.2) is 0 Å². The minimum absolute atomic E-state index is 0.229. The highest BCUT2D eigenvalue weighted by Gasteiger charge is 2.47. The van der Waals surface area contributed by atoms with Crippen LogP contribution in [0.3, 0.4) is 0 Å². The Morgan fingerprint density at radius 2 is 0.872 bits per heavy atom. The van der Waals surface area contributed by atoms with Gasteiger partial charge in [0.1, 0.15) is 11.5 Å². The van der Waals surface area contributed by atoms with E-state index in [4.69, 9.17) is 0 Å². The number of phenols is 2. The predicted molar refractivity (Wildman–Crippen MR) is 158 cm³/mol. The molecule has 0 saturated carbocycles. The smallest absolute Gasteiger partial charge is 0.124 e. The zero-order valence-corrected chi connectivity index (χ0v) is 21.3. The number of hydrogen-bond donors (Lipinski definition) is 2. The SMILES string of the molecule is Oc1ccc(C2(c3ccc(O)c(-c4ccccc4)c3-c3ccccc3)c3ccccc3-c3ccccc32)cc1. The molecule has 0 unspecified atom stereocenters. The van der Waals surface area contributed by atoms with Crippen molar-refractivity contribution in [1.82, 2.24) is 0 Å². The van der Waals surface area contributed by atoms with Gasteiger partial charge in [0.15, 0.2) is 0 Å². The lowest BCUT2D eigenvalue weighted by Crippen LogP contribution is -2.29. The third-order valence-electron chi connectivity index (χ3n) is 7.96. The third-order valence-corrected chi connectivity index (χ3v) is 7.96. The molecule has 0 heterocycles. The summed E-state index contributed by atoms with van der Waals surface area (Å²) in [4.78, 5) is 0. The van der Waals surface area contributed by atoms with Crippen molar-refractivity contribution < 1.29 is 10.2 Å². The van der Waals surface area contributed by atoms with Gasteiger partial charge in [0.25, 0.3) is 0 Å². The molecule has 2 heteroatoms. The lowest BCUT2D eigenvalue weighted by Gasteiger charge is -2.36. The van der Waals surface area contributed by atoms with Crippen molar-refractivity contribution in [3.05, 3.63) is 168 Å². The molecule has 1 aliphatic rings. The van der Waals surface area contributed by atoms with Crippen LogP contribution in [0.2, 0.25) is 0 Å². The molecule has 0 atom stereocenters. The van der Waals surface area contributed by atoms with Gasteiger partial charge in [-0.15, -0.1) is 0 Å².